The summed E-state index contributed by atoms with van der Waals surface area (Å²) in [5.41, 5.74) is 0. The maximum atomic E-state index is 11.1. The highest BCUT2D eigenvalue weighted by molar-refractivity contribution is 7.74. The van der Waals surface area contributed by atoms with Crippen molar-refractivity contribution >= 4 is 10.7 Å². The van der Waals surface area contributed by atoms with Crippen molar-refractivity contribution in [3.05, 3.63) is 4.91 Å². The number of hydrogen-bond donors (Lipinski definition) is 1. The molecule has 2 rings (SSSR count). The summed E-state index contributed by atoms with van der Waals surface area (Å²) in [5.74, 6) is 0. The monoisotopic (exact) mass is 277 g/mol. The highest BCUT2D eigenvalue weighted by Crippen LogP contribution is 2.43. The molecule has 104 valence electrons. The Hall–Kier alpha value is -0.530. The molecule has 7 heteroatoms. The molecule has 0 aromatic heterocycles. The number of nitroso groups, excluding NO2 is 1. The topological polar surface area (TPSA) is 82.0 Å². The minimum atomic E-state index is -2.48. The van der Waals surface area contributed by atoms with Crippen LogP contribution in [0, 0.1) is 4.91 Å². The molecule has 0 amide bonds. The number of rotatable bonds is 7. The number of nitrogens with zero attached hydrogens (tertiary/aromatic N) is 1. The molecule has 2 aliphatic rings. The van der Waals surface area contributed by atoms with Crippen LogP contribution in [0.3, 0.4) is 0 Å². The maximum absolute atomic E-state index is 11.1. The van der Waals surface area contributed by atoms with Gasteiger partial charge in [0.1, 0.15) is 16.7 Å². The van der Waals surface area contributed by atoms with Crippen molar-refractivity contribution in [3.63, 3.8) is 0 Å². The zero-order valence-electron chi connectivity index (χ0n) is 10.2. The van der Waals surface area contributed by atoms with Gasteiger partial charge in [-0.2, -0.15) is 4.91 Å². The van der Waals surface area contributed by atoms with E-state index in [9.17, 15) is 13.3 Å². The van der Waals surface area contributed by atoms with Gasteiger partial charge in [0, 0.05) is 6.61 Å². The molecule has 2 atom stereocenters. The summed E-state index contributed by atoms with van der Waals surface area (Å²) in [7, 11) is -2.48. The lowest BCUT2D eigenvalue weighted by Gasteiger charge is -2.24. The molecule has 0 bridgehead atoms. The number of thiol groups is 1. The van der Waals surface area contributed by atoms with E-state index in [4.69, 9.17) is 9.47 Å². The van der Waals surface area contributed by atoms with Crippen LogP contribution in [0.25, 0.3) is 0 Å². The highest BCUT2D eigenvalue weighted by Gasteiger charge is 2.48. The molecule has 1 saturated heterocycles. The van der Waals surface area contributed by atoms with Gasteiger partial charge in [-0.1, -0.05) is 5.18 Å². The minimum Gasteiger partial charge on any atom is -0.353 e. The normalized spacial score (nSPS) is 27.9. The van der Waals surface area contributed by atoms with Crippen LogP contribution >= 0.6 is 0 Å². The Morgan fingerprint density at radius 2 is 2.17 bits per heavy atom. The maximum Gasteiger partial charge on any atom is 0.157 e. The molecule has 1 unspecified atom stereocenters. The second-order valence-corrected chi connectivity index (χ2v) is 6.54. The van der Waals surface area contributed by atoms with Gasteiger partial charge < -0.3 is 9.47 Å². The molecule has 1 heterocycles. The fourth-order valence-corrected chi connectivity index (χ4v) is 3.07. The van der Waals surface area contributed by atoms with E-state index in [0.29, 0.717) is 19.4 Å². The number of hydrogen-bond acceptors (Lipinski definition) is 6. The summed E-state index contributed by atoms with van der Waals surface area (Å²) in [6.45, 7) is 0.833. The van der Waals surface area contributed by atoms with Gasteiger partial charge >= 0.3 is 0 Å². The summed E-state index contributed by atoms with van der Waals surface area (Å²) < 4.78 is 32.3. The molecule has 1 saturated carbocycles. The summed E-state index contributed by atoms with van der Waals surface area (Å²) in [6, 6.07) is -0.592. The molecule has 0 N–H and O–H groups in total. The largest absolute Gasteiger partial charge is 0.353 e. The van der Waals surface area contributed by atoms with E-state index in [1.165, 1.54) is 0 Å². The van der Waals surface area contributed by atoms with Crippen LogP contribution in [0.2, 0.25) is 0 Å². The third kappa shape index (κ3) is 3.49. The van der Waals surface area contributed by atoms with Gasteiger partial charge in [0.15, 0.2) is 6.29 Å². The molecule has 6 nitrogen and oxygen atoms in total. The average molecular weight is 277 g/mol. The average Bonchev–Trinajstić information content (AvgIpc) is 3.17. The first-order valence-electron chi connectivity index (χ1n) is 6.36. The number of ether oxygens (including phenoxy) is 2. The van der Waals surface area contributed by atoms with E-state index in [1.54, 1.807) is 0 Å². The summed E-state index contributed by atoms with van der Waals surface area (Å²) in [4.78, 5) is 10.7. The van der Waals surface area contributed by atoms with Gasteiger partial charge in [-0.25, -0.2) is 8.42 Å². The molecule has 0 aromatic carbocycles. The van der Waals surface area contributed by atoms with E-state index in [-0.39, 0.29) is 19.3 Å². The van der Waals surface area contributed by atoms with Crippen molar-refractivity contribution in [2.75, 3.05) is 13.2 Å². The van der Waals surface area contributed by atoms with E-state index < -0.39 is 21.5 Å². The van der Waals surface area contributed by atoms with Gasteiger partial charge in [-0.15, -0.1) is 0 Å². The van der Waals surface area contributed by atoms with Crippen LogP contribution in [-0.4, -0.2) is 38.7 Å². The van der Waals surface area contributed by atoms with Crippen LogP contribution in [0.5, 0.6) is 0 Å². The van der Waals surface area contributed by atoms with Crippen LogP contribution in [0.15, 0.2) is 5.18 Å². The lowest BCUT2D eigenvalue weighted by molar-refractivity contribution is -0.164. The second-order valence-electron chi connectivity index (χ2n) is 5.07. The van der Waals surface area contributed by atoms with Gasteiger partial charge in [0.25, 0.3) is 0 Å². The second kappa shape index (κ2) is 6.08. The SMILES string of the molecule is O=N[C@H](COC1CCCCO1)CC1([SH](=O)=O)CC1. The first kappa shape index (κ1) is 13.9. The Morgan fingerprint density at radius 1 is 1.39 bits per heavy atom. The first-order valence-corrected chi connectivity index (χ1v) is 7.54. The molecule has 0 spiro atoms. The van der Waals surface area contributed by atoms with Gasteiger partial charge in [0.05, 0.1) is 11.4 Å². The Bertz CT molecular complexity index is 352. The zero-order chi connectivity index (χ0) is 13.0. The molecule has 1 aliphatic heterocycles. The predicted octanol–water partition coefficient (Wildman–Crippen LogP) is 1.20. The van der Waals surface area contributed by atoms with E-state index in [2.05, 4.69) is 5.18 Å². The van der Waals surface area contributed by atoms with Crippen LogP contribution in [-0.2, 0) is 20.2 Å². The van der Waals surface area contributed by atoms with Gasteiger partial charge in [0.2, 0.25) is 0 Å². The third-order valence-electron chi connectivity index (χ3n) is 3.59. The van der Waals surface area contributed by atoms with Crippen LogP contribution < -0.4 is 0 Å². The molecule has 0 aromatic rings. The van der Waals surface area contributed by atoms with Crippen molar-refractivity contribution in [2.45, 2.75) is 55.6 Å². The Morgan fingerprint density at radius 3 is 2.67 bits per heavy atom. The zero-order valence-corrected chi connectivity index (χ0v) is 11.1. The van der Waals surface area contributed by atoms with Crippen molar-refractivity contribution in [1.82, 2.24) is 0 Å². The highest BCUT2D eigenvalue weighted by atomic mass is 32.2. The smallest absolute Gasteiger partial charge is 0.157 e. The Kier molecular flexibility index (Phi) is 4.69. The molecule has 1 aliphatic carbocycles. The fourth-order valence-electron chi connectivity index (χ4n) is 2.23. The van der Waals surface area contributed by atoms with Gasteiger partial charge in [-0.05, 0) is 38.5 Å². The first-order chi connectivity index (χ1) is 8.66. The standard InChI is InChI=1S/C11H19NO5S/c13-12-9(7-11(4-5-11)18(14)15)8-17-10-3-1-2-6-16-10/h9-10,18H,1-8H2/t9-,10?/m0/s1. The minimum absolute atomic E-state index is 0.152. The van der Waals surface area contributed by atoms with Gasteiger partial charge in [-0.3, -0.25) is 0 Å². The van der Waals surface area contributed by atoms with Crippen molar-refractivity contribution in [3.8, 4) is 0 Å². The van der Waals surface area contributed by atoms with Crippen LogP contribution in [0.1, 0.15) is 38.5 Å². The molecular weight excluding hydrogens is 258 g/mol. The molecule has 18 heavy (non-hydrogen) atoms. The predicted molar refractivity (Wildman–Crippen MR) is 66.0 cm³/mol. The Labute approximate surface area is 108 Å². The van der Waals surface area contributed by atoms with E-state index in [1.807, 2.05) is 0 Å². The van der Waals surface area contributed by atoms with Crippen LogP contribution in [0.4, 0.5) is 0 Å². The summed E-state index contributed by atoms with van der Waals surface area (Å²) in [6.07, 6.45) is 4.21. The third-order valence-corrected chi connectivity index (χ3v) is 5.00. The summed E-state index contributed by atoms with van der Waals surface area (Å²) in [5, 5.41) is 2.98. The van der Waals surface area contributed by atoms with Crippen molar-refractivity contribution < 1.29 is 17.9 Å². The molecule has 2 fully saturated rings. The quantitative estimate of drug-likeness (QED) is 0.558. The van der Waals surface area contributed by atoms with Crippen molar-refractivity contribution in [2.24, 2.45) is 5.18 Å². The summed E-state index contributed by atoms with van der Waals surface area (Å²) >= 11 is 0. The molecular formula is C11H19NO5S. The molecule has 0 radical (unpaired) electrons. The Balaban J connectivity index is 1.77. The lowest BCUT2D eigenvalue weighted by atomic mass is 10.1. The lowest BCUT2D eigenvalue weighted by Crippen LogP contribution is -2.29. The van der Waals surface area contributed by atoms with E-state index >= 15 is 0 Å². The van der Waals surface area contributed by atoms with Crippen molar-refractivity contribution in [1.29, 1.82) is 0 Å². The fraction of sp³-hybridized carbons (Fsp3) is 1.00. The van der Waals surface area contributed by atoms with E-state index in [0.717, 1.165) is 19.3 Å².